The van der Waals surface area contributed by atoms with E-state index in [1.807, 2.05) is 6.92 Å². The Morgan fingerprint density at radius 1 is 1.18 bits per heavy atom. The van der Waals surface area contributed by atoms with E-state index in [9.17, 15) is 24.0 Å². The molecule has 1 saturated heterocycles. The van der Waals surface area contributed by atoms with Gasteiger partial charge in [-0.25, -0.2) is 9.59 Å². The lowest BCUT2D eigenvalue weighted by Gasteiger charge is -2.35. The second-order valence-corrected chi connectivity index (χ2v) is 8.86. The molecular weight excluding hydrogens is 524 g/mol. The first-order valence-corrected chi connectivity index (χ1v) is 12.6. The molecule has 0 saturated carbocycles. The molecule has 1 aliphatic heterocycles. The Hall–Kier alpha value is -4.78. The number of ether oxygens (including phenoxy) is 3. The minimum atomic E-state index is -1.60. The van der Waals surface area contributed by atoms with Crippen molar-refractivity contribution in [1.82, 2.24) is 10.1 Å². The summed E-state index contributed by atoms with van der Waals surface area (Å²) >= 11 is 0. The van der Waals surface area contributed by atoms with E-state index in [0.29, 0.717) is 23.5 Å². The number of benzene rings is 2. The summed E-state index contributed by atoms with van der Waals surface area (Å²) < 4.78 is 20.6. The summed E-state index contributed by atoms with van der Waals surface area (Å²) in [7, 11) is 0. The van der Waals surface area contributed by atoms with E-state index in [0.717, 1.165) is 19.8 Å². The Labute approximate surface area is 228 Å². The van der Waals surface area contributed by atoms with E-state index in [1.165, 1.54) is 23.1 Å². The summed E-state index contributed by atoms with van der Waals surface area (Å²) in [5.74, 6) is -3.19. The maximum absolute atomic E-state index is 13.5. The minimum absolute atomic E-state index is 0.0528. The van der Waals surface area contributed by atoms with Gasteiger partial charge < -0.3 is 24.4 Å². The minimum Gasteiger partial charge on any atom is -0.462 e. The fraction of sp³-hybridized carbons (Fsp3) is 0.333. The molecule has 2 N–H and O–H groups in total. The van der Waals surface area contributed by atoms with Gasteiger partial charge in [-0.15, -0.1) is 0 Å². The van der Waals surface area contributed by atoms with Gasteiger partial charge in [0, 0.05) is 30.4 Å². The third-order valence-corrected chi connectivity index (χ3v) is 5.94. The van der Waals surface area contributed by atoms with Gasteiger partial charge in [0.05, 0.1) is 18.8 Å². The van der Waals surface area contributed by atoms with Crippen molar-refractivity contribution in [3.8, 4) is 11.4 Å². The van der Waals surface area contributed by atoms with Gasteiger partial charge in [-0.3, -0.25) is 23.9 Å². The van der Waals surface area contributed by atoms with Gasteiger partial charge in [-0.2, -0.15) is 0 Å². The number of H-pyrrole nitrogens is 1. The molecule has 2 atom stereocenters. The van der Waals surface area contributed by atoms with Gasteiger partial charge >= 0.3 is 17.7 Å². The number of carbonyl (C=O) groups is 4. The van der Waals surface area contributed by atoms with Crippen molar-refractivity contribution in [3.05, 3.63) is 64.6 Å². The van der Waals surface area contributed by atoms with Crippen LogP contribution < -0.4 is 16.0 Å². The molecule has 2 amide bonds. The van der Waals surface area contributed by atoms with E-state index < -0.39 is 41.7 Å². The van der Waals surface area contributed by atoms with Crippen LogP contribution in [0.2, 0.25) is 0 Å². The van der Waals surface area contributed by atoms with Crippen molar-refractivity contribution in [3.63, 3.8) is 0 Å². The number of esters is 2. The Bertz CT molecular complexity index is 1430. The Balaban J connectivity index is 1.49. The van der Waals surface area contributed by atoms with Crippen LogP contribution in [0.25, 0.3) is 11.4 Å². The third kappa shape index (κ3) is 6.80. The van der Waals surface area contributed by atoms with Gasteiger partial charge in [0.25, 0.3) is 11.8 Å². The van der Waals surface area contributed by atoms with Crippen LogP contribution in [0.1, 0.15) is 37.0 Å². The standard InChI is InChI=1S/C27H28N4O9/c1-3-4-13-38-26(35)18-6-5-7-20(15-18)31-12-14-37-22(25(31)34)21(39-16(2)32)24(33)28-19-10-8-17(9-11-19)23-29-27(36)40-30-23/h5-11,15,21-22H,3-4,12-14H2,1-2H3,(H,28,33)(H,29,30,36)/t21-,22-/m1/s1. The molecule has 0 radical (unpaired) electrons. The lowest BCUT2D eigenvalue weighted by atomic mass is 10.1. The van der Waals surface area contributed by atoms with Gasteiger partial charge in [-0.1, -0.05) is 24.6 Å². The molecule has 0 aliphatic carbocycles. The molecule has 0 spiro atoms. The first-order valence-electron chi connectivity index (χ1n) is 12.6. The zero-order valence-corrected chi connectivity index (χ0v) is 21.9. The molecule has 210 valence electrons. The van der Waals surface area contributed by atoms with Crippen LogP contribution in [-0.4, -0.2) is 65.9 Å². The van der Waals surface area contributed by atoms with Crippen molar-refractivity contribution in [2.24, 2.45) is 0 Å². The van der Waals surface area contributed by atoms with Crippen LogP contribution >= 0.6 is 0 Å². The van der Waals surface area contributed by atoms with Crippen LogP contribution in [0, 0.1) is 0 Å². The number of aromatic amines is 1. The van der Waals surface area contributed by atoms with Gasteiger partial charge in [-0.05, 0) is 48.9 Å². The number of hydrogen-bond donors (Lipinski definition) is 2. The van der Waals surface area contributed by atoms with Gasteiger partial charge in [0.2, 0.25) is 6.10 Å². The van der Waals surface area contributed by atoms with Gasteiger partial charge in [0.15, 0.2) is 11.9 Å². The summed E-state index contributed by atoms with van der Waals surface area (Å²) in [6.07, 6.45) is -1.41. The molecular formula is C27H28N4O9. The number of nitrogens with zero attached hydrogens (tertiary/aromatic N) is 2. The number of unbranched alkanes of at least 4 members (excludes halogenated alkanes) is 1. The molecule has 2 heterocycles. The molecule has 3 aromatic rings. The topological polar surface area (TPSA) is 170 Å². The SMILES string of the molecule is CCCCOC(=O)c1cccc(N2CCO[C@H]([C@@H](OC(C)=O)C(=O)Nc3ccc(-c4noc(=O)[nH]4)cc3)C2=O)c1. The molecule has 0 unspecified atom stereocenters. The lowest BCUT2D eigenvalue weighted by molar-refractivity contribution is -0.167. The van der Waals surface area contributed by atoms with E-state index in [4.69, 9.17) is 14.2 Å². The fourth-order valence-corrected chi connectivity index (χ4v) is 3.98. The lowest BCUT2D eigenvalue weighted by Crippen LogP contribution is -2.56. The number of aromatic nitrogens is 2. The summed E-state index contributed by atoms with van der Waals surface area (Å²) in [5, 5.41) is 6.21. The molecule has 1 aromatic heterocycles. The maximum atomic E-state index is 13.5. The highest BCUT2D eigenvalue weighted by molar-refractivity contribution is 6.05. The first kappa shape index (κ1) is 28.2. The molecule has 1 fully saturated rings. The average molecular weight is 553 g/mol. The summed E-state index contributed by atoms with van der Waals surface area (Å²) in [6.45, 7) is 3.60. The van der Waals surface area contributed by atoms with Gasteiger partial charge in [0.1, 0.15) is 0 Å². The third-order valence-electron chi connectivity index (χ3n) is 5.94. The molecule has 1 aliphatic rings. The second kappa shape index (κ2) is 12.8. The van der Waals surface area contributed by atoms with Crippen molar-refractivity contribution in [1.29, 1.82) is 0 Å². The normalized spacial score (nSPS) is 15.8. The first-order chi connectivity index (χ1) is 19.3. The summed E-state index contributed by atoms with van der Waals surface area (Å²) in [4.78, 5) is 65.9. The molecule has 2 aromatic carbocycles. The molecule has 4 rings (SSSR count). The highest BCUT2D eigenvalue weighted by atomic mass is 16.6. The smallest absolute Gasteiger partial charge is 0.439 e. The number of carbonyl (C=O) groups excluding carboxylic acids is 4. The Morgan fingerprint density at radius 3 is 2.62 bits per heavy atom. The second-order valence-electron chi connectivity index (χ2n) is 8.86. The highest BCUT2D eigenvalue weighted by Gasteiger charge is 2.42. The van der Waals surface area contributed by atoms with E-state index >= 15 is 0 Å². The average Bonchev–Trinajstić information content (AvgIpc) is 3.38. The van der Waals surface area contributed by atoms with Crippen LogP contribution in [0.5, 0.6) is 0 Å². The van der Waals surface area contributed by atoms with E-state index in [1.54, 1.807) is 30.3 Å². The number of anilines is 2. The van der Waals surface area contributed by atoms with Crippen molar-refractivity contribution in [2.75, 3.05) is 30.0 Å². The number of morpholine rings is 1. The van der Waals surface area contributed by atoms with Crippen LogP contribution in [0.15, 0.2) is 57.8 Å². The van der Waals surface area contributed by atoms with Crippen molar-refractivity contribution < 1.29 is 37.9 Å². The summed E-state index contributed by atoms with van der Waals surface area (Å²) in [5.41, 5.74) is 1.54. The zero-order valence-electron chi connectivity index (χ0n) is 21.9. The largest absolute Gasteiger partial charge is 0.462 e. The van der Waals surface area contributed by atoms with Crippen molar-refractivity contribution >= 4 is 35.1 Å². The zero-order chi connectivity index (χ0) is 28.6. The van der Waals surface area contributed by atoms with E-state index in [2.05, 4.69) is 20.0 Å². The quantitative estimate of drug-likeness (QED) is 0.281. The highest BCUT2D eigenvalue weighted by Crippen LogP contribution is 2.24. The molecule has 40 heavy (non-hydrogen) atoms. The fourth-order valence-electron chi connectivity index (χ4n) is 3.98. The number of amides is 2. The van der Waals surface area contributed by atoms with E-state index in [-0.39, 0.29) is 24.5 Å². The molecule has 13 heteroatoms. The summed E-state index contributed by atoms with van der Waals surface area (Å²) in [6, 6.07) is 12.6. The number of hydrogen-bond acceptors (Lipinski definition) is 10. The van der Waals surface area contributed by atoms with Crippen LogP contribution in [0.4, 0.5) is 11.4 Å². The Morgan fingerprint density at radius 2 is 1.95 bits per heavy atom. The predicted molar refractivity (Wildman–Crippen MR) is 140 cm³/mol. The predicted octanol–water partition coefficient (Wildman–Crippen LogP) is 2.29. The maximum Gasteiger partial charge on any atom is 0.439 e. The number of nitrogens with one attached hydrogen (secondary N) is 2. The van der Waals surface area contributed by atoms with Crippen LogP contribution in [0.3, 0.4) is 0 Å². The Kier molecular flexibility index (Phi) is 9.07. The molecule has 13 nitrogen and oxygen atoms in total. The number of rotatable bonds is 10. The van der Waals surface area contributed by atoms with Crippen molar-refractivity contribution in [2.45, 2.75) is 38.9 Å². The van der Waals surface area contributed by atoms with Crippen LogP contribution in [-0.2, 0) is 28.6 Å². The molecule has 0 bridgehead atoms. The monoisotopic (exact) mass is 552 g/mol.